The van der Waals surface area contributed by atoms with Gasteiger partial charge in [0.2, 0.25) is 0 Å². The van der Waals surface area contributed by atoms with Crippen LogP contribution in [0.2, 0.25) is 0 Å². The fraction of sp³-hybridized carbons (Fsp3) is 0.938. The Labute approximate surface area is 132 Å². The zero-order valence-electron chi connectivity index (χ0n) is 13.9. The summed E-state index contributed by atoms with van der Waals surface area (Å²) in [7, 11) is 0. The van der Waals surface area contributed by atoms with E-state index in [1.807, 2.05) is 20.8 Å². The van der Waals surface area contributed by atoms with Gasteiger partial charge in [0.25, 0.3) is 0 Å². The lowest BCUT2D eigenvalue weighted by Gasteiger charge is -2.51. The van der Waals surface area contributed by atoms with Gasteiger partial charge in [-0.2, -0.15) is 0 Å². The van der Waals surface area contributed by atoms with Crippen molar-refractivity contribution in [3.05, 3.63) is 0 Å². The van der Waals surface area contributed by atoms with Crippen LogP contribution in [0.5, 0.6) is 0 Å². The third kappa shape index (κ3) is 3.55. The molecule has 0 aromatic rings. The van der Waals surface area contributed by atoms with E-state index in [2.05, 4.69) is 0 Å². The van der Waals surface area contributed by atoms with Crippen molar-refractivity contribution in [2.45, 2.75) is 57.7 Å². The zero-order valence-corrected chi connectivity index (χ0v) is 13.9. The van der Waals surface area contributed by atoms with Crippen molar-refractivity contribution in [1.29, 1.82) is 0 Å². The van der Waals surface area contributed by atoms with Gasteiger partial charge in [-0.1, -0.05) is 0 Å². The van der Waals surface area contributed by atoms with Crippen molar-refractivity contribution in [1.82, 2.24) is 4.90 Å². The summed E-state index contributed by atoms with van der Waals surface area (Å²) in [5, 5.41) is 20.9. The lowest BCUT2D eigenvalue weighted by Crippen LogP contribution is -2.60. The lowest BCUT2D eigenvalue weighted by atomic mass is 9.65. The molecular weight excluding hydrogens is 286 g/mol. The maximum Gasteiger partial charge on any atom is 0.410 e. The van der Waals surface area contributed by atoms with Crippen molar-refractivity contribution >= 4 is 6.09 Å². The maximum absolute atomic E-state index is 12.1. The van der Waals surface area contributed by atoms with E-state index in [0.717, 1.165) is 12.8 Å². The number of aliphatic hydroxyl groups excluding tert-OH is 1. The second-order valence-electron chi connectivity index (χ2n) is 7.59. The summed E-state index contributed by atoms with van der Waals surface area (Å²) in [4.78, 5) is 13.7. The number of rotatable bonds is 2. The molecular formula is C16H29NO5. The van der Waals surface area contributed by atoms with Gasteiger partial charge in [-0.05, 0) is 46.5 Å². The Morgan fingerprint density at radius 1 is 1.27 bits per heavy atom. The molecule has 2 aliphatic heterocycles. The molecule has 2 N–H and O–H groups in total. The molecule has 128 valence electrons. The molecule has 0 aromatic carbocycles. The van der Waals surface area contributed by atoms with E-state index < -0.39 is 16.6 Å². The smallest absolute Gasteiger partial charge is 0.410 e. The highest BCUT2D eigenvalue weighted by Gasteiger charge is 2.52. The van der Waals surface area contributed by atoms with Crippen LogP contribution in [-0.4, -0.2) is 65.3 Å². The number of amides is 1. The van der Waals surface area contributed by atoms with Gasteiger partial charge in [0.15, 0.2) is 0 Å². The van der Waals surface area contributed by atoms with Gasteiger partial charge in [-0.15, -0.1) is 0 Å². The van der Waals surface area contributed by atoms with Crippen molar-refractivity contribution in [3.8, 4) is 0 Å². The Morgan fingerprint density at radius 2 is 1.91 bits per heavy atom. The third-order valence-corrected chi connectivity index (χ3v) is 4.85. The largest absolute Gasteiger partial charge is 0.444 e. The fourth-order valence-electron chi connectivity index (χ4n) is 3.41. The van der Waals surface area contributed by atoms with E-state index in [0.29, 0.717) is 39.1 Å². The van der Waals surface area contributed by atoms with E-state index in [-0.39, 0.29) is 12.7 Å². The summed E-state index contributed by atoms with van der Waals surface area (Å²) in [5.41, 5.74) is -2.11. The van der Waals surface area contributed by atoms with Crippen LogP contribution in [-0.2, 0) is 9.47 Å². The quantitative estimate of drug-likeness (QED) is 0.808. The highest BCUT2D eigenvalue weighted by molar-refractivity contribution is 5.68. The summed E-state index contributed by atoms with van der Waals surface area (Å²) in [6, 6.07) is 0. The summed E-state index contributed by atoms with van der Waals surface area (Å²) in [6.07, 6.45) is 2.14. The first kappa shape index (κ1) is 17.5. The van der Waals surface area contributed by atoms with Crippen LogP contribution >= 0.6 is 0 Å². The SMILES string of the molecule is CC(C)(C)OC(=O)N1CCC(O)(C2(CO)CCCOC2)CC1. The predicted octanol–water partition coefficient (Wildman–Crippen LogP) is 1.54. The number of nitrogens with zero attached hydrogens (tertiary/aromatic N) is 1. The molecule has 2 heterocycles. The Bertz CT molecular complexity index is 390. The van der Waals surface area contributed by atoms with E-state index in [1.54, 1.807) is 4.90 Å². The van der Waals surface area contributed by atoms with Crippen LogP contribution in [0, 0.1) is 5.41 Å². The topological polar surface area (TPSA) is 79.2 Å². The summed E-state index contributed by atoms with van der Waals surface area (Å²) >= 11 is 0. The first-order chi connectivity index (χ1) is 10.2. The first-order valence-electron chi connectivity index (χ1n) is 8.10. The summed E-state index contributed by atoms with van der Waals surface area (Å²) < 4.78 is 10.9. The van der Waals surface area contributed by atoms with Crippen LogP contribution in [0.1, 0.15) is 46.5 Å². The second kappa shape index (κ2) is 6.34. The molecule has 1 atom stereocenters. The highest BCUT2D eigenvalue weighted by Crippen LogP contribution is 2.44. The van der Waals surface area contributed by atoms with E-state index in [9.17, 15) is 15.0 Å². The standard InChI is InChI=1S/C16H29NO5/c1-14(2,3)22-13(19)17-8-6-16(20,7-9-17)15(11-18)5-4-10-21-12-15/h18,20H,4-12H2,1-3H3. The maximum atomic E-state index is 12.1. The minimum absolute atomic E-state index is 0.0874. The molecule has 6 heteroatoms. The van der Waals surface area contributed by atoms with Crippen molar-refractivity contribution in [2.75, 3.05) is 32.9 Å². The van der Waals surface area contributed by atoms with Crippen LogP contribution in [0.4, 0.5) is 4.79 Å². The summed E-state index contributed by atoms with van der Waals surface area (Å²) in [5.74, 6) is 0. The number of ether oxygens (including phenoxy) is 2. The van der Waals surface area contributed by atoms with Gasteiger partial charge in [0, 0.05) is 25.1 Å². The molecule has 0 bridgehead atoms. The average Bonchev–Trinajstić information content (AvgIpc) is 2.46. The minimum Gasteiger partial charge on any atom is -0.444 e. The molecule has 1 unspecified atom stereocenters. The molecule has 1 amide bonds. The lowest BCUT2D eigenvalue weighted by molar-refractivity contribution is -0.185. The molecule has 2 fully saturated rings. The molecule has 22 heavy (non-hydrogen) atoms. The van der Waals surface area contributed by atoms with Crippen LogP contribution in [0.25, 0.3) is 0 Å². The number of aliphatic hydroxyl groups is 2. The van der Waals surface area contributed by atoms with Gasteiger partial charge >= 0.3 is 6.09 Å². The Balaban J connectivity index is 1.99. The van der Waals surface area contributed by atoms with Gasteiger partial charge < -0.3 is 24.6 Å². The van der Waals surface area contributed by atoms with Gasteiger partial charge in [-0.25, -0.2) is 4.79 Å². The monoisotopic (exact) mass is 315 g/mol. The van der Waals surface area contributed by atoms with Crippen molar-refractivity contribution < 1.29 is 24.5 Å². The van der Waals surface area contributed by atoms with Crippen LogP contribution < -0.4 is 0 Å². The molecule has 0 radical (unpaired) electrons. The van der Waals surface area contributed by atoms with Crippen molar-refractivity contribution in [2.24, 2.45) is 5.41 Å². The number of likely N-dealkylation sites (tertiary alicyclic amines) is 1. The second-order valence-corrected chi connectivity index (χ2v) is 7.59. The normalized spacial score (nSPS) is 29.2. The molecule has 2 saturated heterocycles. The predicted molar refractivity (Wildman–Crippen MR) is 81.6 cm³/mol. The van der Waals surface area contributed by atoms with E-state index >= 15 is 0 Å². The number of hydrogen-bond acceptors (Lipinski definition) is 5. The molecule has 0 spiro atoms. The van der Waals surface area contributed by atoms with Gasteiger partial charge in [0.05, 0.1) is 18.8 Å². The molecule has 2 aliphatic rings. The molecule has 0 aromatic heterocycles. The molecule has 0 aliphatic carbocycles. The Hall–Kier alpha value is -0.850. The first-order valence-corrected chi connectivity index (χ1v) is 8.10. The van der Waals surface area contributed by atoms with Crippen LogP contribution in [0.3, 0.4) is 0 Å². The van der Waals surface area contributed by atoms with Crippen LogP contribution in [0.15, 0.2) is 0 Å². The Morgan fingerprint density at radius 3 is 2.36 bits per heavy atom. The summed E-state index contributed by atoms with van der Waals surface area (Å²) in [6.45, 7) is 7.37. The Kier molecular flexibility index (Phi) is 5.04. The van der Waals surface area contributed by atoms with E-state index in [4.69, 9.17) is 9.47 Å². The molecule has 6 nitrogen and oxygen atoms in total. The highest BCUT2D eigenvalue weighted by atomic mass is 16.6. The number of hydrogen-bond donors (Lipinski definition) is 2. The van der Waals surface area contributed by atoms with Gasteiger partial charge in [0.1, 0.15) is 5.60 Å². The average molecular weight is 315 g/mol. The zero-order chi connectivity index (χ0) is 16.4. The minimum atomic E-state index is -0.985. The number of carbonyl (C=O) groups is 1. The van der Waals surface area contributed by atoms with Gasteiger partial charge in [-0.3, -0.25) is 0 Å². The number of piperidine rings is 1. The third-order valence-electron chi connectivity index (χ3n) is 4.85. The van der Waals surface area contributed by atoms with E-state index in [1.165, 1.54) is 0 Å². The fourth-order valence-corrected chi connectivity index (χ4v) is 3.41. The number of carbonyl (C=O) groups excluding carboxylic acids is 1. The molecule has 0 saturated carbocycles. The van der Waals surface area contributed by atoms with Crippen molar-refractivity contribution in [3.63, 3.8) is 0 Å². The molecule has 2 rings (SSSR count).